The van der Waals surface area contributed by atoms with Crippen molar-refractivity contribution in [1.29, 1.82) is 0 Å². The number of nitrogens with one attached hydrogen (secondary N) is 1. The van der Waals surface area contributed by atoms with Crippen molar-refractivity contribution in [3.8, 4) is 0 Å². The normalized spacial score (nSPS) is 19.3. The van der Waals surface area contributed by atoms with Crippen molar-refractivity contribution in [2.45, 2.75) is 11.3 Å². The molecule has 1 saturated heterocycles. The molecule has 1 fully saturated rings. The van der Waals surface area contributed by atoms with Gasteiger partial charge in [0.15, 0.2) is 0 Å². The van der Waals surface area contributed by atoms with Crippen molar-refractivity contribution in [3.63, 3.8) is 0 Å². The van der Waals surface area contributed by atoms with Crippen LogP contribution in [-0.2, 0) is 4.74 Å². The summed E-state index contributed by atoms with van der Waals surface area (Å²) in [5.74, 6) is 1.73. The molecule has 1 aromatic rings. The second-order valence-electron chi connectivity index (χ2n) is 4.36. The van der Waals surface area contributed by atoms with Crippen LogP contribution in [0.2, 0.25) is 10.0 Å². The van der Waals surface area contributed by atoms with Crippen molar-refractivity contribution < 1.29 is 4.74 Å². The Morgan fingerprint density at radius 3 is 2.94 bits per heavy atom. The fraction of sp³-hybridized carbons (Fsp3) is 0.538. The lowest BCUT2D eigenvalue weighted by Gasteiger charge is -2.09. The molecule has 2 nitrogen and oxygen atoms in total. The van der Waals surface area contributed by atoms with Crippen molar-refractivity contribution in [3.05, 3.63) is 28.2 Å². The van der Waals surface area contributed by atoms with Gasteiger partial charge in [0.2, 0.25) is 0 Å². The second kappa shape index (κ2) is 7.61. The highest BCUT2D eigenvalue weighted by molar-refractivity contribution is 7.99. The Hall–Kier alpha value is 0.0700. The standard InChI is InChI=1S/C13H17Cl2NOS/c14-12-2-1-11(7-13(12)15)18-6-4-16-8-10-3-5-17-9-10/h1-2,7,10,16H,3-6,8-9H2. The van der Waals surface area contributed by atoms with Crippen LogP contribution in [0, 0.1) is 5.92 Å². The molecule has 0 aliphatic carbocycles. The highest BCUT2D eigenvalue weighted by atomic mass is 35.5. The molecule has 0 bridgehead atoms. The third-order valence-corrected chi connectivity index (χ3v) is 4.63. The average molecular weight is 306 g/mol. The molecule has 1 aliphatic heterocycles. The minimum absolute atomic E-state index is 0.611. The van der Waals surface area contributed by atoms with Gasteiger partial charge < -0.3 is 10.1 Å². The van der Waals surface area contributed by atoms with Gasteiger partial charge in [-0.15, -0.1) is 11.8 Å². The summed E-state index contributed by atoms with van der Waals surface area (Å²) in [7, 11) is 0. The summed E-state index contributed by atoms with van der Waals surface area (Å²) < 4.78 is 5.34. The lowest BCUT2D eigenvalue weighted by atomic mass is 10.1. The molecule has 2 rings (SSSR count). The van der Waals surface area contributed by atoms with Crippen molar-refractivity contribution in [2.24, 2.45) is 5.92 Å². The molecule has 1 heterocycles. The molecule has 18 heavy (non-hydrogen) atoms. The summed E-state index contributed by atoms with van der Waals surface area (Å²) in [4.78, 5) is 1.16. The summed E-state index contributed by atoms with van der Waals surface area (Å²) in [6.45, 7) is 3.89. The van der Waals surface area contributed by atoms with E-state index in [1.807, 2.05) is 18.2 Å². The van der Waals surface area contributed by atoms with E-state index in [0.717, 1.165) is 37.0 Å². The molecule has 0 amide bonds. The Balaban J connectivity index is 1.61. The highest BCUT2D eigenvalue weighted by Gasteiger charge is 2.14. The molecular formula is C13H17Cl2NOS. The summed E-state index contributed by atoms with van der Waals surface area (Å²) in [6.07, 6.45) is 1.19. The van der Waals surface area contributed by atoms with E-state index < -0.39 is 0 Å². The summed E-state index contributed by atoms with van der Waals surface area (Å²) >= 11 is 13.6. The number of thioether (sulfide) groups is 1. The minimum atomic E-state index is 0.611. The maximum atomic E-state index is 5.97. The van der Waals surface area contributed by atoms with E-state index in [1.165, 1.54) is 6.42 Å². The van der Waals surface area contributed by atoms with Crippen LogP contribution in [0.25, 0.3) is 0 Å². The van der Waals surface area contributed by atoms with Gasteiger partial charge in [-0.2, -0.15) is 0 Å². The molecule has 0 saturated carbocycles. The quantitative estimate of drug-likeness (QED) is 0.639. The Bertz CT molecular complexity index is 383. The Kier molecular flexibility index (Phi) is 6.12. The zero-order chi connectivity index (χ0) is 12.8. The zero-order valence-electron chi connectivity index (χ0n) is 10.1. The van der Waals surface area contributed by atoms with Crippen molar-refractivity contribution in [1.82, 2.24) is 5.32 Å². The molecule has 0 aromatic heterocycles. The van der Waals surface area contributed by atoms with Gasteiger partial charge in [-0.1, -0.05) is 23.2 Å². The first kappa shape index (κ1) is 14.5. The fourth-order valence-electron chi connectivity index (χ4n) is 1.86. The Morgan fingerprint density at radius 1 is 1.33 bits per heavy atom. The number of benzene rings is 1. The molecule has 0 radical (unpaired) electrons. The fourth-order valence-corrected chi connectivity index (χ4v) is 3.07. The largest absolute Gasteiger partial charge is 0.381 e. The maximum absolute atomic E-state index is 5.97. The third-order valence-electron chi connectivity index (χ3n) is 2.90. The smallest absolute Gasteiger partial charge is 0.0603 e. The average Bonchev–Trinajstić information content (AvgIpc) is 2.86. The Morgan fingerprint density at radius 2 is 2.22 bits per heavy atom. The van der Waals surface area contributed by atoms with E-state index in [-0.39, 0.29) is 0 Å². The molecule has 5 heteroatoms. The number of hydrogen-bond acceptors (Lipinski definition) is 3. The predicted molar refractivity (Wildman–Crippen MR) is 79.0 cm³/mol. The zero-order valence-corrected chi connectivity index (χ0v) is 12.5. The monoisotopic (exact) mass is 305 g/mol. The van der Waals surface area contributed by atoms with Crippen LogP contribution in [0.1, 0.15) is 6.42 Å². The molecule has 0 spiro atoms. The van der Waals surface area contributed by atoms with E-state index >= 15 is 0 Å². The van der Waals surface area contributed by atoms with Gasteiger partial charge in [0.05, 0.1) is 16.7 Å². The lowest BCUT2D eigenvalue weighted by molar-refractivity contribution is 0.185. The van der Waals surface area contributed by atoms with Gasteiger partial charge in [0.1, 0.15) is 0 Å². The van der Waals surface area contributed by atoms with Crippen LogP contribution in [-0.4, -0.2) is 32.1 Å². The molecule has 1 atom stereocenters. The molecule has 1 N–H and O–H groups in total. The lowest BCUT2D eigenvalue weighted by Crippen LogP contribution is -2.25. The summed E-state index contributed by atoms with van der Waals surface area (Å²) in [6, 6.07) is 5.76. The van der Waals surface area contributed by atoms with Crippen LogP contribution in [0.15, 0.2) is 23.1 Å². The van der Waals surface area contributed by atoms with Gasteiger partial charge in [-0.3, -0.25) is 0 Å². The molecule has 1 unspecified atom stereocenters. The van der Waals surface area contributed by atoms with E-state index in [0.29, 0.717) is 16.0 Å². The van der Waals surface area contributed by atoms with E-state index in [9.17, 15) is 0 Å². The van der Waals surface area contributed by atoms with Crippen molar-refractivity contribution >= 4 is 35.0 Å². The minimum Gasteiger partial charge on any atom is -0.381 e. The van der Waals surface area contributed by atoms with Gasteiger partial charge in [-0.05, 0) is 30.5 Å². The topological polar surface area (TPSA) is 21.3 Å². The first-order valence-electron chi connectivity index (χ1n) is 6.12. The van der Waals surface area contributed by atoms with Crippen LogP contribution in [0.4, 0.5) is 0 Å². The Labute approximate surface area is 122 Å². The number of ether oxygens (including phenoxy) is 1. The maximum Gasteiger partial charge on any atom is 0.0603 e. The van der Waals surface area contributed by atoms with Crippen LogP contribution >= 0.6 is 35.0 Å². The van der Waals surface area contributed by atoms with E-state index in [2.05, 4.69) is 5.32 Å². The first-order valence-corrected chi connectivity index (χ1v) is 7.86. The summed E-state index contributed by atoms with van der Waals surface area (Å²) in [5, 5.41) is 4.70. The number of rotatable bonds is 6. The van der Waals surface area contributed by atoms with Crippen LogP contribution in [0.5, 0.6) is 0 Å². The molecule has 100 valence electrons. The second-order valence-corrected chi connectivity index (χ2v) is 6.34. The van der Waals surface area contributed by atoms with E-state index in [1.54, 1.807) is 11.8 Å². The van der Waals surface area contributed by atoms with Gasteiger partial charge >= 0.3 is 0 Å². The van der Waals surface area contributed by atoms with E-state index in [4.69, 9.17) is 27.9 Å². The first-order chi connectivity index (χ1) is 8.75. The van der Waals surface area contributed by atoms with Gasteiger partial charge in [-0.25, -0.2) is 0 Å². The van der Waals surface area contributed by atoms with Crippen molar-refractivity contribution in [2.75, 3.05) is 32.1 Å². The van der Waals surface area contributed by atoms with Gasteiger partial charge in [0.25, 0.3) is 0 Å². The molecule has 1 aliphatic rings. The number of hydrogen-bond donors (Lipinski definition) is 1. The molecule has 1 aromatic carbocycles. The van der Waals surface area contributed by atoms with Crippen LogP contribution < -0.4 is 5.32 Å². The van der Waals surface area contributed by atoms with Crippen LogP contribution in [0.3, 0.4) is 0 Å². The molecular weight excluding hydrogens is 289 g/mol. The number of halogens is 2. The third kappa shape index (κ3) is 4.63. The highest BCUT2D eigenvalue weighted by Crippen LogP contribution is 2.27. The SMILES string of the molecule is Clc1ccc(SCCNCC2CCOC2)cc1Cl. The van der Waals surface area contributed by atoms with Gasteiger partial charge in [0, 0.05) is 30.3 Å². The predicted octanol–water partition coefficient (Wildman–Crippen LogP) is 3.71. The summed E-state index contributed by atoms with van der Waals surface area (Å²) in [5.41, 5.74) is 0.